The normalized spacial score (nSPS) is 19.8. The minimum absolute atomic E-state index is 0.0182. The number of ether oxygens (including phenoxy) is 7. The van der Waals surface area contributed by atoms with Crippen LogP contribution in [0.4, 0.5) is 0 Å². The molecule has 0 saturated carbocycles. The molecule has 6 N–H and O–H groups in total. The van der Waals surface area contributed by atoms with E-state index in [0.717, 1.165) is 75.3 Å². The van der Waals surface area contributed by atoms with Gasteiger partial charge < -0.3 is 59.3 Å². The van der Waals surface area contributed by atoms with E-state index in [0.29, 0.717) is 68.8 Å². The van der Waals surface area contributed by atoms with Gasteiger partial charge in [0.25, 0.3) is 0 Å². The lowest BCUT2D eigenvalue weighted by Crippen LogP contribution is -2.51. The van der Waals surface area contributed by atoms with E-state index in [1.54, 1.807) is 55.0 Å². The van der Waals surface area contributed by atoms with Crippen molar-refractivity contribution in [2.45, 2.75) is 181 Å². The average molecular weight is 1380 g/mol. The lowest BCUT2D eigenvalue weighted by Gasteiger charge is -2.29. The fraction of sp³-hybridized carbons (Fsp3) is 0.662. The molecule has 0 spiro atoms. The number of epoxide rings is 1. The van der Waals surface area contributed by atoms with E-state index in [1.165, 1.54) is 13.2 Å². The van der Waals surface area contributed by atoms with E-state index in [9.17, 15) is 28.8 Å². The lowest BCUT2D eigenvalue weighted by molar-refractivity contribution is -0.179. The molecule has 1 unspecified atom stereocenters. The van der Waals surface area contributed by atoms with Crippen LogP contribution in [0, 0.1) is 24.2 Å². The monoisotopic (exact) mass is 1370 g/mol. The number of nitrogens with zero attached hydrogens (tertiary/aromatic N) is 2. The van der Waals surface area contributed by atoms with Crippen molar-refractivity contribution in [3.63, 3.8) is 0 Å². The first-order valence-electron chi connectivity index (χ1n) is 33.3. The summed E-state index contributed by atoms with van der Waals surface area (Å²) < 4.78 is 40.0. The maximum absolute atomic E-state index is 13.6. The molecule has 0 radical (unpaired) electrons. The van der Waals surface area contributed by atoms with Crippen molar-refractivity contribution in [1.29, 1.82) is 0 Å². The Bertz CT molecular complexity index is 2600. The van der Waals surface area contributed by atoms with Gasteiger partial charge in [0.05, 0.1) is 69.3 Å². The van der Waals surface area contributed by atoms with Gasteiger partial charge in [-0.05, 0) is 136 Å². The second kappa shape index (κ2) is 47.2. The number of nitrogens with one attached hydrogen (secondary N) is 4. The van der Waals surface area contributed by atoms with E-state index in [1.807, 2.05) is 75.8 Å². The topological polar surface area (TPSA) is 251 Å². The van der Waals surface area contributed by atoms with E-state index in [4.69, 9.17) is 50.5 Å². The standard InChI is InChI=1S/C37H47ClN2O8.C30H61N5O5S2.C4H8/c1-21(2)17-30-35(43)46-28(23(4)32-33(48-32)25-14-11-22(3)12-15-25)9-8-10-31(41)40-27(19-24-13-16-29(45-7)26(38)18-24)34(42)39-20-37(5,6)36(44)47-30;1-8-26(3)32-27(13-10-11-15-31)29(37)33-28(36)14-12-24-41-42-30(4,5)25-35(7)17-19-39-21-23-40-22-20-38-18-16-34(6)9-2;1-3-4-2/h8,10-16,18,21,23,27-28,30,32-33H,9,17,19-20H2,1-7H3,(H,39,42)(H,40,41);8,26-27,32H,1,9-25,31H2,2-7H3,(H,33,36,37);3H,1,4H2,2H3/b10-8+;;/t23-,27+,28-,30-,32+,33+;26?,27-;/m00./s1. The Morgan fingerprint density at radius 2 is 1.55 bits per heavy atom. The summed E-state index contributed by atoms with van der Waals surface area (Å²) in [6, 6.07) is 11.8. The van der Waals surface area contributed by atoms with Crippen LogP contribution in [0.5, 0.6) is 5.75 Å². The summed E-state index contributed by atoms with van der Waals surface area (Å²) in [6.45, 7) is 36.9. The summed E-state index contributed by atoms with van der Waals surface area (Å²) in [5.74, 6) is -1.72. The van der Waals surface area contributed by atoms with Gasteiger partial charge in [-0.1, -0.05) is 128 Å². The second-order valence-electron chi connectivity index (χ2n) is 25.6. The zero-order valence-corrected chi connectivity index (χ0v) is 61.4. The average Bonchev–Trinajstić information content (AvgIpc) is 1.67. The molecular formula is C71H116ClN7O13S2. The van der Waals surface area contributed by atoms with E-state index in [2.05, 4.69) is 86.0 Å². The number of allylic oxidation sites excluding steroid dienone is 1. The summed E-state index contributed by atoms with van der Waals surface area (Å²) >= 11 is 6.32. The molecule has 2 aliphatic rings. The first-order valence-corrected chi connectivity index (χ1v) is 36.0. The van der Waals surface area contributed by atoms with Crippen LogP contribution in [0.1, 0.15) is 143 Å². The van der Waals surface area contributed by atoms with Gasteiger partial charge in [0, 0.05) is 67.9 Å². The molecule has 1 saturated heterocycles. The zero-order valence-electron chi connectivity index (χ0n) is 59.0. The number of aryl methyl sites for hydroxylation is 1. The third kappa shape index (κ3) is 35.9. The summed E-state index contributed by atoms with van der Waals surface area (Å²) in [4.78, 5) is 83.2. The van der Waals surface area contributed by atoms with Crippen molar-refractivity contribution in [1.82, 2.24) is 31.1 Å². The molecule has 2 aromatic rings. The molecule has 532 valence electrons. The van der Waals surface area contributed by atoms with Crippen molar-refractivity contribution in [3.05, 3.63) is 102 Å². The van der Waals surface area contributed by atoms with Gasteiger partial charge in [-0.15, -0.1) is 13.2 Å². The van der Waals surface area contributed by atoms with Crippen LogP contribution in [-0.4, -0.2) is 192 Å². The number of unbranched alkanes of at least 4 members (excludes halogenated alkanes) is 1. The smallest absolute Gasteiger partial charge is 0.347 e. The first-order chi connectivity index (χ1) is 44.6. The van der Waals surface area contributed by atoms with Crippen molar-refractivity contribution >= 4 is 68.8 Å². The van der Waals surface area contributed by atoms with Crippen LogP contribution in [0.15, 0.2) is 79.9 Å². The highest BCUT2D eigenvalue weighted by atomic mass is 35.5. The van der Waals surface area contributed by atoms with Gasteiger partial charge >= 0.3 is 11.9 Å². The van der Waals surface area contributed by atoms with Crippen molar-refractivity contribution in [2.75, 3.05) is 106 Å². The maximum Gasteiger partial charge on any atom is 0.347 e. The molecule has 1 fully saturated rings. The number of hydrogen-bond acceptors (Lipinski definition) is 19. The van der Waals surface area contributed by atoms with Gasteiger partial charge in [0.1, 0.15) is 24.0 Å². The Labute approximate surface area is 576 Å². The van der Waals surface area contributed by atoms with Crippen LogP contribution >= 0.6 is 33.2 Å². The van der Waals surface area contributed by atoms with Gasteiger partial charge in [-0.3, -0.25) is 34.6 Å². The molecule has 2 heterocycles. The van der Waals surface area contributed by atoms with Crippen LogP contribution < -0.4 is 31.7 Å². The van der Waals surface area contributed by atoms with E-state index < -0.39 is 53.5 Å². The number of amides is 4. The Hall–Kier alpha value is -4.85. The fourth-order valence-electron chi connectivity index (χ4n) is 9.42. The number of carbonyl (C=O) groups is 6. The highest BCUT2D eigenvalue weighted by Gasteiger charge is 2.48. The highest BCUT2D eigenvalue weighted by Crippen LogP contribution is 2.45. The summed E-state index contributed by atoms with van der Waals surface area (Å²) in [6.07, 6.45) is 9.40. The number of imide groups is 1. The largest absolute Gasteiger partial charge is 0.495 e. The Morgan fingerprint density at radius 3 is 2.14 bits per heavy atom. The third-order valence-corrected chi connectivity index (χ3v) is 19.1. The molecule has 94 heavy (non-hydrogen) atoms. The van der Waals surface area contributed by atoms with Crippen molar-refractivity contribution < 1.29 is 61.9 Å². The quantitative estimate of drug-likeness (QED) is 0.0138. The molecule has 2 aromatic carbocycles. The van der Waals surface area contributed by atoms with Crippen LogP contribution in [-0.2, 0) is 63.6 Å². The molecule has 4 amide bonds. The van der Waals surface area contributed by atoms with Crippen molar-refractivity contribution in [2.24, 2.45) is 23.0 Å². The maximum atomic E-state index is 13.6. The van der Waals surface area contributed by atoms with Gasteiger partial charge in [0.15, 0.2) is 6.10 Å². The number of benzene rings is 2. The number of hydrogen-bond donors (Lipinski definition) is 5. The Kier molecular flexibility index (Phi) is 42.8. The Morgan fingerprint density at radius 1 is 0.915 bits per heavy atom. The number of cyclic esters (lactones) is 2. The minimum atomic E-state index is -1.20. The molecule has 0 aromatic heterocycles. The van der Waals surface area contributed by atoms with Crippen molar-refractivity contribution in [3.8, 4) is 5.75 Å². The number of carbonyl (C=O) groups excluding carboxylic acids is 6. The molecule has 23 heteroatoms. The molecule has 20 nitrogen and oxygen atoms in total. The first kappa shape index (κ1) is 85.2. The summed E-state index contributed by atoms with van der Waals surface area (Å²) in [7, 11) is 9.30. The predicted molar refractivity (Wildman–Crippen MR) is 381 cm³/mol. The van der Waals surface area contributed by atoms with E-state index >= 15 is 0 Å². The number of methoxy groups -OCH3 is 1. The third-order valence-electron chi connectivity index (χ3n) is 15.4. The van der Waals surface area contributed by atoms with Gasteiger partial charge in [-0.2, -0.15) is 0 Å². The van der Waals surface area contributed by atoms with Crippen LogP contribution in [0.25, 0.3) is 0 Å². The molecule has 4 rings (SSSR count). The number of likely N-dealkylation sites (N-methyl/N-ethyl adjacent to an activating group) is 2. The molecule has 8 atom stereocenters. The molecule has 2 aliphatic heterocycles. The predicted octanol–water partition coefficient (Wildman–Crippen LogP) is 10.2. The number of rotatable bonds is 38. The van der Waals surface area contributed by atoms with Gasteiger partial charge in [-0.25, -0.2) is 4.79 Å². The van der Waals surface area contributed by atoms with Crippen LogP contribution in [0.3, 0.4) is 0 Å². The molecular weight excluding hydrogens is 1260 g/mol. The zero-order chi connectivity index (χ0) is 70.2. The SMILES string of the molecule is C=CC(C)N[C@@H](CCCCN)C(=O)NC(=O)CCCSSC(C)(C)CN(C)CCOCCOCCOCCN(C)CC.C=CCC.COc1ccc(C[C@H]2NC(=O)/C=C/C[C@@H]([C@H](C)[C@H]3O[C@@H]3c3ccc(C)cc3)OC(=O)[C@H](CC(C)C)OC(=O)C(C)(C)CNC2=O)cc1Cl. The molecule has 0 aliphatic carbocycles. The highest BCUT2D eigenvalue weighted by molar-refractivity contribution is 8.77. The van der Waals surface area contributed by atoms with E-state index in [-0.39, 0.29) is 72.5 Å². The lowest BCUT2D eigenvalue weighted by atomic mass is 9.92. The van der Waals surface area contributed by atoms with Crippen LogP contribution in [0.2, 0.25) is 5.02 Å². The second-order valence-corrected chi connectivity index (χ2v) is 29.2. The minimum Gasteiger partial charge on any atom is -0.495 e. The molecule has 0 bridgehead atoms. The number of nitrogens with two attached hydrogens (primary N) is 1. The summed E-state index contributed by atoms with van der Waals surface area (Å²) in [5.41, 5.74) is 7.25. The summed E-state index contributed by atoms with van der Waals surface area (Å²) in [5, 5.41) is 11.7. The Balaban J connectivity index is 0.000000611. The number of esters is 2. The number of halogens is 1. The fourth-order valence-corrected chi connectivity index (χ4v) is 12.4. The van der Waals surface area contributed by atoms with Gasteiger partial charge in [0.2, 0.25) is 23.6 Å².